The summed E-state index contributed by atoms with van der Waals surface area (Å²) in [5.74, 6) is 1.52. The Balaban J connectivity index is 1.85. The normalized spacial score (nSPS) is 15.8. The lowest BCUT2D eigenvalue weighted by atomic mass is 10.2. The highest BCUT2D eigenvalue weighted by Gasteiger charge is 2.14. The molecule has 2 aromatic rings. The lowest BCUT2D eigenvalue weighted by Gasteiger charge is -2.00. The Bertz CT molecular complexity index is 660. The van der Waals surface area contributed by atoms with Gasteiger partial charge in [0.15, 0.2) is 0 Å². The lowest BCUT2D eigenvalue weighted by Crippen LogP contribution is -1.99. The van der Waals surface area contributed by atoms with Crippen LogP contribution in [0.3, 0.4) is 0 Å². The van der Waals surface area contributed by atoms with Crippen LogP contribution in [0.4, 0.5) is 0 Å². The first-order valence-electron chi connectivity index (χ1n) is 6.47. The Kier molecular flexibility index (Phi) is 3.50. The number of nitrogens with zero attached hydrogens (tertiary/aromatic N) is 1. The van der Waals surface area contributed by atoms with Crippen LogP contribution in [-0.4, -0.2) is 19.6 Å². The minimum absolute atomic E-state index is 0.501. The highest BCUT2D eigenvalue weighted by Crippen LogP contribution is 2.20. The van der Waals surface area contributed by atoms with E-state index in [1.54, 1.807) is 7.11 Å². The summed E-state index contributed by atoms with van der Waals surface area (Å²) in [6.07, 6.45) is 2.01. The van der Waals surface area contributed by atoms with Gasteiger partial charge in [-0.1, -0.05) is 30.3 Å². The van der Waals surface area contributed by atoms with E-state index in [2.05, 4.69) is 4.99 Å². The second kappa shape index (κ2) is 5.61. The van der Waals surface area contributed by atoms with Gasteiger partial charge in [0, 0.05) is 5.56 Å². The predicted octanol–water partition coefficient (Wildman–Crippen LogP) is 3.51. The molecule has 2 aromatic carbocycles. The van der Waals surface area contributed by atoms with Crippen molar-refractivity contribution in [1.82, 2.24) is 0 Å². The summed E-state index contributed by atoms with van der Waals surface area (Å²) in [6, 6.07) is 17.8. The molecule has 0 N–H and O–H groups in total. The fraction of sp³-hybridized carbons (Fsp3) is 0.118. The van der Waals surface area contributed by atoms with E-state index >= 15 is 0 Å². The molecule has 0 amide bonds. The predicted molar refractivity (Wildman–Crippen MR) is 79.9 cm³/mol. The molecule has 0 saturated heterocycles. The molecule has 0 radical (unpaired) electrons. The third kappa shape index (κ3) is 2.72. The van der Waals surface area contributed by atoms with Crippen molar-refractivity contribution in [1.29, 1.82) is 0 Å². The number of methoxy groups -OCH3 is 1. The zero-order valence-corrected chi connectivity index (χ0v) is 11.2. The van der Waals surface area contributed by atoms with Crippen LogP contribution < -0.4 is 4.74 Å². The van der Waals surface area contributed by atoms with Crippen LogP contribution in [0.15, 0.2) is 65.3 Å². The Hall–Kier alpha value is -2.55. The Labute approximate surface area is 118 Å². The van der Waals surface area contributed by atoms with Crippen LogP contribution in [0, 0.1) is 0 Å². The van der Waals surface area contributed by atoms with E-state index in [1.165, 1.54) is 0 Å². The van der Waals surface area contributed by atoms with Crippen molar-refractivity contribution in [3.8, 4) is 5.75 Å². The van der Waals surface area contributed by atoms with E-state index in [9.17, 15) is 0 Å². The monoisotopic (exact) mass is 265 g/mol. The fourth-order valence-corrected chi connectivity index (χ4v) is 2.06. The van der Waals surface area contributed by atoms with Gasteiger partial charge in [-0.25, -0.2) is 4.99 Å². The zero-order chi connectivity index (χ0) is 13.8. The van der Waals surface area contributed by atoms with E-state index < -0.39 is 0 Å². The van der Waals surface area contributed by atoms with Gasteiger partial charge in [0.2, 0.25) is 5.90 Å². The first-order chi connectivity index (χ1) is 9.85. The maximum atomic E-state index is 5.63. The van der Waals surface area contributed by atoms with Crippen molar-refractivity contribution in [2.75, 3.05) is 13.7 Å². The van der Waals surface area contributed by atoms with Gasteiger partial charge in [-0.05, 0) is 35.9 Å². The molecule has 3 heteroatoms. The van der Waals surface area contributed by atoms with Crippen LogP contribution in [0.2, 0.25) is 0 Å². The zero-order valence-electron chi connectivity index (χ0n) is 11.2. The number of benzene rings is 2. The van der Waals surface area contributed by atoms with Crippen molar-refractivity contribution >= 4 is 12.0 Å². The molecule has 1 aliphatic heterocycles. The van der Waals surface area contributed by atoms with Crippen LogP contribution >= 0.6 is 0 Å². The number of aliphatic imine (C=N–C) groups is 1. The number of hydrogen-bond acceptors (Lipinski definition) is 3. The molecule has 0 unspecified atom stereocenters. The molecule has 1 aliphatic rings. The van der Waals surface area contributed by atoms with Crippen molar-refractivity contribution < 1.29 is 9.47 Å². The maximum absolute atomic E-state index is 5.63. The quantitative estimate of drug-likeness (QED) is 0.850. The summed E-state index contributed by atoms with van der Waals surface area (Å²) in [7, 11) is 1.66. The average Bonchev–Trinajstić information content (AvgIpc) is 2.97. The molecule has 0 spiro atoms. The lowest BCUT2D eigenvalue weighted by molar-refractivity contribution is 0.365. The molecule has 0 saturated carbocycles. The molecule has 20 heavy (non-hydrogen) atoms. The second-order valence-corrected chi connectivity index (χ2v) is 4.48. The molecular weight excluding hydrogens is 250 g/mol. The van der Waals surface area contributed by atoms with E-state index in [1.807, 2.05) is 60.7 Å². The SMILES string of the molecule is COc1cccc(C=C2COC(c3ccccc3)=N2)c1. The van der Waals surface area contributed by atoms with E-state index in [-0.39, 0.29) is 0 Å². The Morgan fingerprint density at radius 2 is 1.95 bits per heavy atom. The minimum Gasteiger partial charge on any atom is -0.497 e. The van der Waals surface area contributed by atoms with Gasteiger partial charge in [0.05, 0.1) is 12.8 Å². The molecule has 0 aromatic heterocycles. The molecule has 0 bridgehead atoms. The molecule has 0 fully saturated rings. The van der Waals surface area contributed by atoms with Gasteiger partial charge in [0.1, 0.15) is 12.4 Å². The molecule has 100 valence electrons. The Morgan fingerprint density at radius 3 is 2.75 bits per heavy atom. The summed E-state index contributed by atoms with van der Waals surface area (Å²) in [5.41, 5.74) is 2.97. The molecule has 1 heterocycles. The topological polar surface area (TPSA) is 30.8 Å². The number of hydrogen-bond donors (Lipinski definition) is 0. The fourth-order valence-electron chi connectivity index (χ4n) is 2.06. The van der Waals surface area contributed by atoms with Crippen LogP contribution in [0.25, 0.3) is 6.08 Å². The number of rotatable bonds is 3. The second-order valence-electron chi connectivity index (χ2n) is 4.48. The largest absolute Gasteiger partial charge is 0.497 e. The van der Waals surface area contributed by atoms with Gasteiger partial charge < -0.3 is 9.47 Å². The molecule has 0 aliphatic carbocycles. The first kappa shape index (κ1) is 12.5. The van der Waals surface area contributed by atoms with Crippen molar-refractivity contribution in [3.05, 3.63) is 71.4 Å². The van der Waals surface area contributed by atoms with Crippen molar-refractivity contribution in [2.45, 2.75) is 0 Å². The van der Waals surface area contributed by atoms with Crippen molar-refractivity contribution in [2.24, 2.45) is 4.99 Å². The summed E-state index contributed by atoms with van der Waals surface area (Å²) in [5, 5.41) is 0. The smallest absolute Gasteiger partial charge is 0.221 e. The maximum Gasteiger partial charge on any atom is 0.221 e. The summed E-state index contributed by atoms with van der Waals surface area (Å²) in [6.45, 7) is 0.501. The van der Waals surface area contributed by atoms with E-state index in [4.69, 9.17) is 9.47 Å². The van der Waals surface area contributed by atoms with Crippen molar-refractivity contribution in [3.63, 3.8) is 0 Å². The van der Waals surface area contributed by atoms with Crippen LogP contribution in [-0.2, 0) is 4.74 Å². The van der Waals surface area contributed by atoms with Gasteiger partial charge in [-0.3, -0.25) is 0 Å². The molecular formula is C17H15NO2. The van der Waals surface area contributed by atoms with E-state index in [0.29, 0.717) is 12.5 Å². The van der Waals surface area contributed by atoms with Gasteiger partial charge in [0.25, 0.3) is 0 Å². The summed E-state index contributed by atoms with van der Waals surface area (Å²) >= 11 is 0. The molecule has 3 rings (SSSR count). The van der Waals surface area contributed by atoms with Gasteiger partial charge in [-0.15, -0.1) is 0 Å². The average molecular weight is 265 g/mol. The summed E-state index contributed by atoms with van der Waals surface area (Å²) in [4.78, 5) is 4.52. The number of ether oxygens (including phenoxy) is 2. The Morgan fingerprint density at radius 1 is 1.10 bits per heavy atom. The molecule has 3 nitrogen and oxygen atoms in total. The third-order valence-corrected chi connectivity index (χ3v) is 3.05. The van der Waals surface area contributed by atoms with E-state index in [0.717, 1.165) is 22.6 Å². The van der Waals surface area contributed by atoms with Gasteiger partial charge >= 0.3 is 0 Å². The van der Waals surface area contributed by atoms with Crippen LogP contribution in [0.5, 0.6) is 5.75 Å². The minimum atomic E-state index is 0.501. The molecule has 0 atom stereocenters. The highest BCUT2D eigenvalue weighted by molar-refractivity contribution is 5.96. The first-order valence-corrected chi connectivity index (χ1v) is 6.47. The summed E-state index contributed by atoms with van der Waals surface area (Å²) < 4.78 is 10.8. The van der Waals surface area contributed by atoms with Crippen LogP contribution in [0.1, 0.15) is 11.1 Å². The third-order valence-electron chi connectivity index (χ3n) is 3.05. The van der Waals surface area contributed by atoms with Gasteiger partial charge in [-0.2, -0.15) is 0 Å². The standard InChI is InChI=1S/C17H15NO2/c1-19-16-9-5-6-13(11-16)10-15-12-20-17(18-15)14-7-3-2-4-8-14/h2-11H,12H2,1H3. The highest BCUT2D eigenvalue weighted by atomic mass is 16.5.